The molecule has 0 atom stereocenters. The van der Waals surface area contributed by atoms with E-state index in [0.29, 0.717) is 6.04 Å². The molecule has 1 aliphatic heterocycles. The molecule has 1 aromatic carbocycles. The van der Waals surface area contributed by atoms with Gasteiger partial charge in [-0.15, -0.1) is 0 Å². The molecule has 1 heterocycles. The molecular formula is C16H26N2. The van der Waals surface area contributed by atoms with Crippen molar-refractivity contribution in [3.05, 3.63) is 29.8 Å². The second kappa shape index (κ2) is 5.31. The van der Waals surface area contributed by atoms with E-state index in [2.05, 4.69) is 62.3 Å². The van der Waals surface area contributed by atoms with E-state index in [0.717, 1.165) is 0 Å². The first-order valence-corrected chi connectivity index (χ1v) is 7.01. The maximum Gasteiger partial charge on any atom is 0.0345 e. The van der Waals surface area contributed by atoms with Gasteiger partial charge in [0.15, 0.2) is 0 Å². The number of nitrogens with zero attached hydrogens (tertiary/aromatic N) is 1. The lowest BCUT2D eigenvalue weighted by Gasteiger charge is -2.30. The summed E-state index contributed by atoms with van der Waals surface area (Å²) in [5.41, 5.74) is 2.90. The number of nitrogens with one attached hydrogen (secondary N) is 1. The quantitative estimate of drug-likeness (QED) is 0.859. The lowest BCUT2D eigenvalue weighted by molar-refractivity contribution is 0.264. The maximum absolute atomic E-state index is 3.69. The van der Waals surface area contributed by atoms with Gasteiger partial charge in [-0.05, 0) is 56.1 Å². The molecule has 2 nitrogen and oxygen atoms in total. The molecule has 1 saturated heterocycles. The van der Waals surface area contributed by atoms with Crippen molar-refractivity contribution in [1.82, 2.24) is 4.90 Å². The van der Waals surface area contributed by atoms with E-state index >= 15 is 0 Å². The van der Waals surface area contributed by atoms with Gasteiger partial charge < -0.3 is 10.2 Å². The highest BCUT2D eigenvalue weighted by molar-refractivity contribution is 5.48. The summed E-state index contributed by atoms with van der Waals surface area (Å²) in [6.07, 6.45) is 2.49. The van der Waals surface area contributed by atoms with Gasteiger partial charge in [0.2, 0.25) is 0 Å². The standard InChI is InChI=1S/C16H26N2/c1-16(2,3)13-6-5-7-15(12-13)17-14-8-10-18(4)11-9-14/h5-7,12,14,17H,8-11H2,1-4H3. The molecule has 0 aliphatic carbocycles. The van der Waals surface area contributed by atoms with E-state index in [1.165, 1.54) is 37.2 Å². The van der Waals surface area contributed by atoms with E-state index in [-0.39, 0.29) is 5.41 Å². The molecule has 0 radical (unpaired) electrons. The van der Waals surface area contributed by atoms with Crippen molar-refractivity contribution in [3.63, 3.8) is 0 Å². The van der Waals surface area contributed by atoms with Crippen molar-refractivity contribution < 1.29 is 0 Å². The summed E-state index contributed by atoms with van der Waals surface area (Å²) in [6.45, 7) is 9.21. The minimum absolute atomic E-state index is 0.227. The number of rotatable bonds is 2. The van der Waals surface area contributed by atoms with Crippen LogP contribution in [-0.2, 0) is 5.41 Å². The number of hydrogen-bond acceptors (Lipinski definition) is 2. The third-order valence-electron chi connectivity index (χ3n) is 3.82. The number of benzene rings is 1. The van der Waals surface area contributed by atoms with Gasteiger partial charge >= 0.3 is 0 Å². The van der Waals surface area contributed by atoms with Crippen LogP contribution in [0.2, 0.25) is 0 Å². The van der Waals surface area contributed by atoms with Crippen LogP contribution in [0.3, 0.4) is 0 Å². The Kier molecular flexibility index (Phi) is 3.96. The molecule has 2 heteroatoms. The Labute approximate surface area is 111 Å². The van der Waals surface area contributed by atoms with Crippen molar-refractivity contribution in [2.24, 2.45) is 0 Å². The van der Waals surface area contributed by atoms with Crippen molar-refractivity contribution in [3.8, 4) is 0 Å². The second-order valence-corrected chi connectivity index (χ2v) is 6.55. The van der Waals surface area contributed by atoms with E-state index in [1.807, 2.05) is 0 Å². The molecule has 0 saturated carbocycles. The van der Waals surface area contributed by atoms with Crippen molar-refractivity contribution >= 4 is 5.69 Å². The van der Waals surface area contributed by atoms with Gasteiger partial charge in [0.25, 0.3) is 0 Å². The SMILES string of the molecule is CN1CCC(Nc2cccc(C(C)(C)C)c2)CC1. The number of piperidine rings is 1. The Morgan fingerprint density at radius 2 is 1.83 bits per heavy atom. The van der Waals surface area contributed by atoms with Gasteiger partial charge in [-0.3, -0.25) is 0 Å². The monoisotopic (exact) mass is 246 g/mol. The van der Waals surface area contributed by atoms with Crippen molar-refractivity contribution in [2.75, 3.05) is 25.5 Å². The predicted octanol–water partition coefficient (Wildman–Crippen LogP) is 3.49. The van der Waals surface area contributed by atoms with E-state index in [9.17, 15) is 0 Å². The van der Waals surface area contributed by atoms with Crippen LogP contribution in [0.5, 0.6) is 0 Å². The number of hydrogen-bond donors (Lipinski definition) is 1. The third-order valence-corrected chi connectivity index (χ3v) is 3.82. The zero-order chi connectivity index (χ0) is 13.2. The van der Waals surface area contributed by atoms with Crippen molar-refractivity contribution in [2.45, 2.75) is 45.1 Å². The molecule has 0 unspecified atom stereocenters. The Bertz CT molecular complexity index is 384. The fourth-order valence-corrected chi connectivity index (χ4v) is 2.46. The molecule has 1 fully saturated rings. The molecule has 2 rings (SSSR count). The summed E-state index contributed by atoms with van der Waals surface area (Å²) in [6, 6.07) is 9.51. The summed E-state index contributed by atoms with van der Waals surface area (Å²) in [4.78, 5) is 2.41. The van der Waals surface area contributed by atoms with Gasteiger partial charge in [0.1, 0.15) is 0 Å². The average Bonchev–Trinajstić information content (AvgIpc) is 2.31. The van der Waals surface area contributed by atoms with Crippen LogP contribution >= 0.6 is 0 Å². The molecule has 0 aromatic heterocycles. The first-order chi connectivity index (χ1) is 8.45. The summed E-state index contributed by atoms with van der Waals surface area (Å²) in [5, 5.41) is 3.69. The Morgan fingerprint density at radius 3 is 2.44 bits per heavy atom. The van der Waals surface area contributed by atoms with E-state index in [1.54, 1.807) is 0 Å². The van der Waals surface area contributed by atoms with Gasteiger partial charge in [-0.1, -0.05) is 32.9 Å². The van der Waals surface area contributed by atoms with Gasteiger partial charge in [-0.2, -0.15) is 0 Å². The zero-order valence-electron chi connectivity index (χ0n) is 12.2. The smallest absolute Gasteiger partial charge is 0.0345 e. The van der Waals surface area contributed by atoms with Crippen LogP contribution in [-0.4, -0.2) is 31.1 Å². The number of anilines is 1. The lowest BCUT2D eigenvalue weighted by Crippen LogP contribution is -2.36. The molecule has 0 bridgehead atoms. The van der Waals surface area contributed by atoms with Crippen LogP contribution in [0.15, 0.2) is 24.3 Å². The topological polar surface area (TPSA) is 15.3 Å². The fraction of sp³-hybridized carbons (Fsp3) is 0.625. The zero-order valence-corrected chi connectivity index (χ0v) is 12.2. The van der Waals surface area contributed by atoms with Crippen LogP contribution in [0.1, 0.15) is 39.2 Å². The Balaban J connectivity index is 2.01. The van der Waals surface area contributed by atoms with Crippen molar-refractivity contribution in [1.29, 1.82) is 0 Å². The predicted molar refractivity (Wildman–Crippen MR) is 79.3 cm³/mol. The minimum atomic E-state index is 0.227. The van der Waals surface area contributed by atoms with E-state index in [4.69, 9.17) is 0 Å². The van der Waals surface area contributed by atoms with Gasteiger partial charge in [0.05, 0.1) is 0 Å². The third kappa shape index (κ3) is 3.49. The minimum Gasteiger partial charge on any atom is -0.382 e. The summed E-state index contributed by atoms with van der Waals surface area (Å²) < 4.78 is 0. The molecule has 1 N–H and O–H groups in total. The Hall–Kier alpha value is -1.02. The normalized spacial score (nSPS) is 18.9. The summed E-state index contributed by atoms with van der Waals surface area (Å²) in [5.74, 6) is 0. The van der Waals surface area contributed by atoms with Crippen LogP contribution in [0.25, 0.3) is 0 Å². The molecule has 18 heavy (non-hydrogen) atoms. The largest absolute Gasteiger partial charge is 0.382 e. The fourth-order valence-electron chi connectivity index (χ4n) is 2.46. The highest BCUT2D eigenvalue weighted by atomic mass is 15.1. The molecular weight excluding hydrogens is 220 g/mol. The van der Waals surface area contributed by atoms with Crippen LogP contribution in [0.4, 0.5) is 5.69 Å². The molecule has 0 spiro atoms. The maximum atomic E-state index is 3.69. The number of likely N-dealkylation sites (tertiary alicyclic amines) is 1. The Morgan fingerprint density at radius 1 is 1.17 bits per heavy atom. The average molecular weight is 246 g/mol. The van der Waals surface area contributed by atoms with Gasteiger partial charge in [-0.25, -0.2) is 0 Å². The summed E-state index contributed by atoms with van der Waals surface area (Å²) >= 11 is 0. The van der Waals surface area contributed by atoms with Crippen LogP contribution in [0, 0.1) is 0 Å². The first-order valence-electron chi connectivity index (χ1n) is 7.01. The molecule has 100 valence electrons. The highest BCUT2D eigenvalue weighted by Gasteiger charge is 2.17. The second-order valence-electron chi connectivity index (χ2n) is 6.55. The van der Waals surface area contributed by atoms with E-state index < -0.39 is 0 Å². The summed E-state index contributed by atoms with van der Waals surface area (Å²) in [7, 11) is 2.20. The van der Waals surface area contributed by atoms with Gasteiger partial charge in [0, 0.05) is 11.7 Å². The first kappa shape index (κ1) is 13.4. The molecule has 1 aromatic rings. The lowest BCUT2D eigenvalue weighted by atomic mass is 9.87. The molecule has 0 amide bonds. The highest BCUT2D eigenvalue weighted by Crippen LogP contribution is 2.25. The molecule has 1 aliphatic rings. The van der Waals surface area contributed by atoms with Crippen LogP contribution < -0.4 is 5.32 Å².